The molecule has 1 saturated heterocycles. The van der Waals surface area contributed by atoms with Gasteiger partial charge in [-0.15, -0.1) is 0 Å². The number of hydrogen-bond donors (Lipinski definition) is 1. The standard InChI is InChI=1S/C22H21ClN4O/c23-18-8-4-5-9-19(18)26-22(28)17-10-12-27(13-11-17)21-14-20(24-15-25-21)16-6-2-1-3-7-16/h1-9,14-15,17H,10-13H2,(H,26,28). The van der Waals surface area contributed by atoms with Gasteiger partial charge in [-0.25, -0.2) is 9.97 Å². The molecule has 1 fully saturated rings. The average molecular weight is 393 g/mol. The molecule has 4 rings (SSSR count). The summed E-state index contributed by atoms with van der Waals surface area (Å²) in [6.07, 6.45) is 3.16. The number of piperidine rings is 1. The molecule has 0 spiro atoms. The van der Waals surface area contributed by atoms with Crippen LogP contribution in [-0.4, -0.2) is 29.0 Å². The van der Waals surface area contributed by atoms with Gasteiger partial charge < -0.3 is 10.2 Å². The summed E-state index contributed by atoms with van der Waals surface area (Å²) in [5.74, 6) is 0.905. The van der Waals surface area contributed by atoms with Crippen LogP contribution in [0.1, 0.15) is 12.8 Å². The molecule has 5 nitrogen and oxygen atoms in total. The Kier molecular flexibility index (Phi) is 5.53. The maximum Gasteiger partial charge on any atom is 0.227 e. The SMILES string of the molecule is O=C(Nc1ccccc1Cl)C1CCN(c2cc(-c3ccccc3)ncn2)CC1. The van der Waals surface area contributed by atoms with E-state index in [0.717, 1.165) is 43.0 Å². The molecule has 0 radical (unpaired) electrons. The highest BCUT2D eigenvalue weighted by atomic mass is 35.5. The number of nitrogens with zero attached hydrogens (tertiary/aromatic N) is 3. The molecule has 2 heterocycles. The third-order valence-corrected chi connectivity index (χ3v) is 5.37. The van der Waals surface area contributed by atoms with Crippen LogP contribution in [0.2, 0.25) is 5.02 Å². The van der Waals surface area contributed by atoms with E-state index in [0.29, 0.717) is 10.7 Å². The number of carbonyl (C=O) groups is 1. The number of aromatic nitrogens is 2. The van der Waals surface area contributed by atoms with Crippen molar-refractivity contribution in [3.8, 4) is 11.3 Å². The van der Waals surface area contributed by atoms with E-state index < -0.39 is 0 Å². The Bertz CT molecular complexity index is 956. The Labute approximate surface area is 169 Å². The van der Waals surface area contributed by atoms with E-state index in [1.807, 2.05) is 54.6 Å². The lowest BCUT2D eigenvalue weighted by Crippen LogP contribution is -2.38. The quantitative estimate of drug-likeness (QED) is 0.702. The second kappa shape index (κ2) is 8.40. The van der Waals surface area contributed by atoms with Crippen molar-refractivity contribution in [2.24, 2.45) is 5.92 Å². The van der Waals surface area contributed by atoms with Crippen molar-refractivity contribution in [2.75, 3.05) is 23.3 Å². The molecule has 0 bridgehead atoms. The van der Waals surface area contributed by atoms with Gasteiger partial charge in [0.15, 0.2) is 0 Å². The topological polar surface area (TPSA) is 58.1 Å². The number of rotatable bonds is 4. The number of nitrogens with one attached hydrogen (secondary N) is 1. The third-order valence-electron chi connectivity index (χ3n) is 5.04. The molecule has 0 atom stereocenters. The van der Waals surface area contributed by atoms with E-state index in [2.05, 4.69) is 20.2 Å². The van der Waals surface area contributed by atoms with Crippen LogP contribution >= 0.6 is 11.6 Å². The van der Waals surface area contributed by atoms with Crippen molar-refractivity contribution in [2.45, 2.75) is 12.8 Å². The van der Waals surface area contributed by atoms with Crippen LogP contribution in [-0.2, 0) is 4.79 Å². The molecule has 1 amide bonds. The average Bonchev–Trinajstić information content (AvgIpc) is 2.76. The minimum absolute atomic E-state index is 0.0250. The maximum absolute atomic E-state index is 12.6. The van der Waals surface area contributed by atoms with Gasteiger partial charge in [0, 0.05) is 30.6 Å². The zero-order chi connectivity index (χ0) is 19.3. The first-order valence-electron chi connectivity index (χ1n) is 9.38. The van der Waals surface area contributed by atoms with Gasteiger partial charge in [-0.1, -0.05) is 54.1 Å². The highest BCUT2D eigenvalue weighted by Gasteiger charge is 2.26. The van der Waals surface area contributed by atoms with Gasteiger partial charge >= 0.3 is 0 Å². The number of halogens is 1. The maximum atomic E-state index is 12.6. The van der Waals surface area contributed by atoms with Gasteiger partial charge in [-0.05, 0) is 25.0 Å². The molecule has 142 valence electrons. The van der Waals surface area contributed by atoms with Crippen LogP contribution < -0.4 is 10.2 Å². The zero-order valence-electron chi connectivity index (χ0n) is 15.4. The van der Waals surface area contributed by atoms with Crippen LogP contribution in [0.5, 0.6) is 0 Å². The Balaban J connectivity index is 1.39. The summed E-state index contributed by atoms with van der Waals surface area (Å²) in [6, 6.07) is 19.4. The van der Waals surface area contributed by atoms with Crippen molar-refractivity contribution in [1.82, 2.24) is 9.97 Å². The summed E-state index contributed by atoms with van der Waals surface area (Å²) in [6.45, 7) is 1.57. The van der Waals surface area contributed by atoms with Crippen molar-refractivity contribution >= 4 is 29.0 Å². The Morgan fingerprint density at radius 2 is 1.71 bits per heavy atom. The minimum atomic E-state index is -0.0250. The Morgan fingerprint density at radius 1 is 1.00 bits per heavy atom. The highest BCUT2D eigenvalue weighted by molar-refractivity contribution is 6.33. The summed E-state index contributed by atoms with van der Waals surface area (Å²) in [5.41, 5.74) is 2.64. The number of anilines is 2. The van der Waals surface area contributed by atoms with Crippen molar-refractivity contribution in [3.05, 3.63) is 72.0 Å². The summed E-state index contributed by atoms with van der Waals surface area (Å²) < 4.78 is 0. The molecule has 2 aromatic carbocycles. The Morgan fingerprint density at radius 3 is 2.46 bits per heavy atom. The van der Waals surface area contributed by atoms with Crippen LogP contribution in [0.4, 0.5) is 11.5 Å². The largest absolute Gasteiger partial charge is 0.356 e. The lowest BCUT2D eigenvalue weighted by atomic mass is 9.95. The lowest BCUT2D eigenvalue weighted by molar-refractivity contribution is -0.120. The van der Waals surface area contributed by atoms with E-state index in [1.165, 1.54) is 0 Å². The molecule has 3 aromatic rings. The summed E-state index contributed by atoms with van der Waals surface area (Å²) >= 11 is 6.14. The fraction of sp³-hybridized carbons (Fsp3) is 0.227. The summed E-state index contributed by atoms with van der Waals surface area (Å²) in [5, 5.41) is 3.51. The van der Waals surface area contributed by atoms with Crippen LogP contribution in [0.15, 0.2) is 67.0 Å². The van der Waals surface area contributed by atoms with E-state index in [1.54, 1.807) is 12.4 Å². The number of carbonyl (C=O) groups excluding carboxylic acids is 1. The van der Waals surface area contributed by atoms with E-state index in [4.69, 9.17) is 11.6 Å². The third kappa shape index (κ3) is 4.15. The minimum Gasteiger partial charge on any atom is -0.356 e. The van der Waals surface area contributed by atoms with Crippen LogP contribution in [0.3, 0.4) is 0 Å². The van der Waals surface area contributed by atoms with Crippen molar-refractivity contribution in [1.29, 1.82) is 0 Å². The molecular formula is C22H21ClN4O. The summed E-state index contributed by atoms with van der Waals surface area (Å²) in [4.78, 5) is 23.6. The molecule has 0 saturated carbocycles. The van der Waals surface area contributed by atoms with Crippen LogP contribution in [0, 0.1) is 5.92 Å². The predicted octanol–water partition coefficient (Wildman–Crippen LogP) is 4.65. The molecule has 28 heavy (non-hydrogen) atoms. The van der Waals surface area contributed by atoms with E-state index in [-0.39, 0.29) is 11.8 Å². The first kappa shape index (κ1) is 18.4. The molecule has 1 aliphatic rings. The molecule has 1 aliphatic heterocycles. The molecule has 0 aliphatic carbocycles. The van der Waals surface area contributed by atoms with Gasteiger partial charge in [0.2, 0.25) is 5.91 Å². The molecular weight excluding hydrogens is 372 g/mol. The van der Waals surface area contributed by atoms with Gasteiger partial charge in [0.25, 0.3) is 0 Å². The molecule has 6 heteroatoms. The van der Waals surface area contributed by atoms with Gasteiger partial charge in [-0.2, -0.15) is 0 Å². The number of para-hydroxylation sites is 1. The Hall–Kier alpha value is -2.92. The predicted molar refractivity (Wildman–Crippen MR) is 112 cm³/mol. The summed E-state index contributed by atoms with van der Waals surface area (Å²) in [7, 11) is 0. The lowest BCUT2D eigenvalue weighted by Gasteiger charge is -2.32. The molecule has 1 aromatic heterocycles. The second-order valence-corrected chi connectivity index (χ2v) is 7.27. The first-order chi connectivity index (χ1) is 13.7. The highest BCUT2D eigenvalue weighted by Crippen LogP contribution is 2.27. The number of hydrogen-bond acceptors (Lipinski definition) is 4. The fourth-order valence-electron chi connectivity index (χ4n) is 3.45. The molecule has 1 N–H and O–H groups in total. The van der Waals surface area contributed by atoms with Crippen LogP contribution in [0.25, 0.3) is 11.3 Å². The van der Waals surface area contributed by atoms with Crippen molar-refractivity contribution in [3.63, 3.8) is 0 Å². The van der Waals surface area contributed by atoms with E-state index >= 15 is 0 Å². The fourth-order valence-corrected chi connectivity index (χ4v) is 3.64. The smallest absolute Gasteiger partial charge is 0.227 e. The molecule has 0 unspecified atom stereocenters. The normalized spacial score (nSPS) is 14.7. The van der Waals surface area contributed by atoms with Gasteiger partial charge in [-0.3, -0.25) is 4.79 Å². The number of amides is 1. The first-order valence-corrected chi connectivity index (χ1v) is 9.76. The van der Waals surface area contributed by atoms with E-state index in [9.17, 15) is 4.79 Å². The zero-order valence-corrected chi connectivity index (χ0v) is 16.1. The van der Waals surface area contributed by atoms with Gasteiger partial charge in [0.1, 0.15) is 12.1 Å². The second-order valence-electron chi connectivity index (χ2n) is 6.86. The van der Waals surface area contributed by atoms with Crippen molar-refractivity contribution < 1.29 is 4.79 Å². The number of benzene rings is 2. The van der Waals surface area contributed by atoms with Gasteiger partial charge in [0.05, 0.1) is 16.4 Å². The monoisotopic (exact) mass is 392 g/mol.